The first kappa shape index (κ1) is 22.8. The number of carbonyl (C=O) groups excluding carboxylic acids is 2. The van der Waals surface area contributed by atoms with Gasteiger partial charge in [-0.2, -0.15) is 0 Å². The molecule has 1 atom stereocenters. The van der Waals surface area contributed by atoms with Crippen LogP contribution in [0.5, 0.6) is 0 Å². The fourth-order valence-corrected chi connectivity index (χ4v) is 4.07. The van der Waals surface area contributed by atoms with E-state index in [-0.39, 0.29) is 18.4 Å². The first-order valence-corrected chi connectivity index (χ1v) is 11.0. The van der Waals surface area contributed by atoms with Crippen molar-refractivity contribution in [2.45, 2.75) is 31.2 Å². The number of aromatic nitrogens is 3. The molecule has 1 unspecified atom stereocenters. The van der Waals surface area contributed by atoms with Crippen LogP contribution in [0, 0.1) is 13.8 Å². The molecule has 0 aliphatic rings. The molecule has 31 heavy (non-hydrogen) atoms. The number of benzene rings is 2. The highest BCUT2D eigenvalue weighted by atomic mass is 35.5. The van der Waals surface area contributed by atoms with Gasteiger partial charge in [0.05, 0.1) is 16.8 Å². The lowest BCUT2D eigenvalue weighted by atomic mass is 10.1. The monoisotopic (exact) mass is 457 g/mol. The second-order valence-electron chi connectivity index (χ2n) is 7.14. The largest absolute Gasteiger partial charge is 0.346 e. The molecule has 3 aromatic rings. The van der Waals surface area contributed by atoms with Crippen LogP contribution in [0.2, 0.25) is 5.02 Å². The average Bonchev–Trinajstić information content (AvgIpc) is 3.09. The second-order valence-corrected chi connectivity index (χ2v) is 8.85. The van der Waals surface area contributed by atoms with E-state index in [2.05, 4.69) is 20.8 Å². The molecule has 0 spiro atoms. The molecule has 2 N–H and O–H groups in total. The van der Waals surface area contributed by atoms with E-state index in [9.17, 15) is 9.59 Å². The number of carbonyl (C=O) groups is 2. The Morgan fingerprint density at radius 3 is 2.45 bits per heavy atom. The van der Waals surface area contributed by atoms with Gasteiger partial charge < -0.3 is 15.2 Å². The Morgan fingerprint density at radius 2 is 1.77 bits per heavy atom. The van der Waals surface area contributed by atoms with E-state index in [0.29, 0.717) is 16.0 Å². The first-order valence-electron chi connectivity index (χ1n) is 9.72. The Balaban J connectivity index is 1.58. The number of anilines is 1. The summed E-state index contributed by atoms with van der Waals surface area (Å²) in [6.45, 7) is 5.50. The number of rotatable bonds is 7. The molecule has 9 heteroatoms. The lowest BCUT2D eigenvalue weighted by molar-refractivity contribution is -0.123. The minimum atomic E-state index is -0.463. The van der Waals surface area contributed by atoms with Crippen molar-refractivity contribution >= 4 is 40.9 Å². The Labute approximate surface area is 190 Å². The van der Waals surface area contributed by atoms with E-state index in [1.165, 1.54) is 11.8 Å². The molecular weight excluding hydrogens is 434 g/mol. The summed E-state index contributed by atoms with van der Waals surface area (Å²) < 4.78 is 1.79. The van der Waals surface area contributed by atoms with Crippen molar-refractivity contribution in [2.75, 3.05) is 11.9 Å². The quantitative estimate of drug-likeness (QED) is 0.524. The maximum absolute atomic E-state index is 12.5. The third-order valence-corrected chi connectivity index (χ3v) is 6.23. The summed E-state index contributed by atoms with van der Waals surface area (Å²) in [6, 6.07) is 13.2. The molecule has 2 amide bonds. The van der Waals surface area contributed by atoms with E-state index in [4.69, 9.17) is 11.6 Å². The van der Waals surface area contributed by atoms with Crippen LogP contribution in [-0.2, 0) is 16.6 Å². The Hall–Kier alpha value is -2.84. The number of nitrogens with one attached hydrogen (secondary N) is 2. The van der Waals surface area contributed by atoms with Crippen molar-refractivity contribution in [1.82, 2.24) is 20.1 Å². The predicted molar refractivity (Wildman–Crippen MR) is 124 cm³/mol. The van der Waals surface area contributed by atoms with Crippen molar-refractivity contribution in [1.29, 1.82) is 0 Å². The Kier molecular flexibility index (Phi) is 7.35. The lowest BCUT2D eigenvalue weighted by Gasteiger charge is -2.14. The summed E-state index contributed by atoms with van der Waals surface area (Å²) >= 11 is 7.52. The zero-order chi connectivity index (χ0) is 22.5. The maximum atomic E-state index is 12.5. The molecule has 0 aliphatic carbocycles. The van der Waals surface area contributed by atoms with Gasteiger partial charge in [0, 0.05) is 18.3 Å². The van der Waals surface area contributed by atoms with Crippen LogP contribution in [0.4, 0.5) is 5.69 Å². The topological polar surface area (TPSA) is 88.9 Å². The predicted octanol–water partition coefficient (Wildman–Crippen LogP) is 3.99. The first-order chi connectivity index (χ1) is 14.8. The minimum Gasteiger partial charge on any atom is -0.346 e. The number of aryl methyl sites for hydroxylation is 2. The molecule has 0 saturated carbocycles. The summed E-state index contributed by atoms with van der Waals surface area (Å²) in [5.74, 6) is 0.0836. The molecule has 0 saturated heterocycles. The van der Waals surface area contributed by atoms with E-state index < -0.39 is 5.25 Å². The molecule has 3 rings (SSSR count). The molecule has 0 bridgehead atoms. The normalized spacial score (nSPS) is 11.8. The zero-order valence-electron chi connectivity index (χ0n) is 17.8. The summed E-state index contributed by atoms with van der Waals surface area (Å²) in [5.41, 5.74) is 3.49. The zero-order valence-corrected chi connectivity index (χ0v) is 19.3. The molecule has 0 aliphatic heterocycles. The third kappa shape index (κ3) is 5.45. The van der Waals surface area contributed by atoms with Crippen LogP contribution >= 0.6 is 23.4 Å². The number of hydrogen-bond acceptors (Lipinski definition) is 5. The van der Waals surface area contributed by atoms with Crippen molar-refractivity contribution in [2.24, 2.45) is 7.05 Å². The van der Waals surface area contributed by atoms with E-state index in [1.807, 2.05) is 57.3 Å². The van der Waals surface area contributed by atoms with E-state index >= 15 is 0 Å². The molecular formula is C22H24ClN5O2S. The van der Waals surface area contributed by atoms with Gasteiger partial charge in [-0.25, -0.2) is 0 Å². The molecule has 0 fully saturated rings. The van der Waals surface area contributed by atoms with Gasteiger partial charge in [-0.3, -0.25) is 9.59 Å². The Bertz CT molecular complexity index is 1090. The molecule has 2 aromatic carbocycles. The van der Waals surface area contributed by atoms with Crippen LogP contribution in [-0.4, -0.2) is 38.4 Å². The number of halogens is 1. The van der Waals surface area contributed by atoms with Crippen LogP contribution in [0.3, 0.4) is 0 Å². The SMILES string of the molecule is Cc1cccc(C)c1NC(=O)CNC(=O)C(C)Sc1nnc(-c2ccccc2Cl)n1C. The van der Waals surface area contributed by atoms with Crippen LogP contribution < -0.4 is 10.6 Å². The highest BCUT2D eigenvalue weighted by Gasteiger charge is 2.20. The van der Waals surface area contributed by atoms with Crippen LogP contribution in [0.25, 0.3) is 11.4 Å². The molecule has 7 nitrogen and oxygen atoms in total. The van der Waals surface area contributed by atoms with Gasteiger partial charge in [-0.05, 0) is 44.0 Å². The van der Waals surface area contributed by atoms with Crippen LogP contribution in [0.15, 0.2) is 47.6 Å². The van der Waals surface area contributed by atoms with Crippen molar-refractivity contribution < 1.29 is 9.59 Å². The highest BCUT2D eigenvalue weighted by molar-refractivity contribution is 8.00. The summed E-state index contributed by atoms with van der Waals surface area (Å²) in [5, 5.41) is 14.6. The average molecular weight is 458 g/mol. The summed E-state index contributed by atoms with van der Waals surface area (Å²) in [7, 11) is 1.82. The number of nitrogens with zero attached hydrogens (tertiary/aromatic N) is 3. The maximum Gasteiger partial charge on any atom is 0.243 e. The fourth-order valence-electron chi connectivity index (χ4n) is 3.01. The lowest BCUT2D eigenvalue weighted by Crippen LogP contribution is -2.37. The Morgan fingerprint density at radius 1 is 1.10 bits per heavy atom. The van der Waals surface area contributed by atoms with Gasteiger partial charge in [-0.15, -0.1) is 10.2 Å². The van der Waals surface area contributed by atoms with E-state index in [0.717, 1.165) is 22.4 Å². The van der Waals surface area contributed by atoms with Gasteiger partial charge in [0.25, 0.3) is 0 Å². The van der Waals surface area contributed by atoms with Crippen molar-refractivity contribution in [3.8, 4) is 11.4 Å². The van der Waals surface area contributed by atoms with Gasteiger partial charge in [0.1, 0.15) is 0 Å². The molecule has 1 aromatic heterocycles. The van der Waals surface area contributed by atoms with Gasteiger partial charge >= 0.3 is 0 Å². The van der Waals surface area contributed by atoms with Gasteiger partial charge in [0.15, 0.2) is 11.0 Å². The molecule has 162 valence electrons. The number of hydrogen-bond donors (Lipinski definition) is 2. The summed E-state index contributed by atoms with van der Waals surface area (Å²) in [4.78, 5) is 24.8. The van der Waals surface area contributed by atoms with Gasteiger partial charge in [0.2, 0.25) is 11.8 Å². The molecule has 0 radical (unpaired) electrons. The third-order valence-electron chi connectivity index (χ3n) is 4.77. The minimum absolute atomic E-state index is 0.110. The summed E-state index contributed by atoms with van der Waals surface area (Å²) in [6.07, 6.45) is 0. The number of thioether (sulfide) groups is 1. The smallest absolute Gasteiger partial charge is 0.243 e. The number of para-hydroxylation sites is 1. The number of amides is 2. The molecule has 1 heterocycles. The van der Waals surface area contributed by atoms with Crippen molar-refractivity contribution in [3.05, 3.63) is 58.6 Å². The van der Waals surface area contributed by atoms with Gasteiger partial charge in [-0.1, -0.05) is 53.7 Å². The van der Waals surface area contributed by atoms with Crippen molar-refractivity contribution in [3.63, 3.8) is 0 Å². The standard InChI is InChI=1S/C22H24ClN5O2S/c1-13-8-7-9-14(2)19(13)25-18(29)12-24-21(30)15(3)31-22-27-26-20(28(22)4)16-10-5-6-11-17(16)23/h5-11,15H,12H2,1-4H3,(H,24,30)(H,25,29). The fraction of sp³-hybridized carbons (Fsp3) is 0.273. The second kappa shape index (κ2) is 9.98. The van der Waals surface area contributed by atoms with E-state index in [1.54, 1.807) is 17.6 Å². The highest BCUT2D eigenvalue weighted by Crippen LogP contribution is 2.29. The van der Waals surface area contributed by atoms with Crippen LogP contribution in [0.1, 0.15) is 18.1 Å².